The quantitative estimate of drug-likeness (QED) is 0.137. The maximum atomic E-state index is 12.3. The summed E-state index contributed by atoms with van der Waals surface area (Å²) in [6.07, 6.45) is 0. The van der Waals surface area contributed by atoms with Gasteiger partial charge in [0.15, 0.2) is 16.7 Å². The van der Waals surface area contributed by atoms with E-state index in [0.29, 0.717) is 16.7 Å². The SMILES string of the molecule is CC(=O)/C(=N/Nc1ccc([N+](=O)[O-])cc1)Sc1nnc(-c2ccccc2)n1-c1ccccc1. The van der Waals surface area contributed by atoms with E-state index in [1.165, 1.54) is 31.2 Å². The van der Waals surface area contributed by atoms with Crippen molar-refractivity contribution in [3.63, 3.8) is 0 Å². The van der Waals surface area contributed by atoms with Gasteiger partial charge in [0, 0.05) is 30.3 Å². The van der Waals surface area contributed by atoms with Crippen LogP contribution < -0.4 is 5.43 Å². The molecular weight excluding hydrogens is 440 g/mol. The van der Waals surface area contributed by atoms with Gasteiger partial charge >= 0.3 is 0 Å². The zero-order valence-corrected chi connectivity index (χ0v) is 18.3. The molecule has 0 radical (unpaired) electrons. The Morgan fingerprint density at radius 2 is 1.61 bits per heavy atom. The largest absolute Gasteiger partial charge is 0.292 e. The lowest BCUT2D eigenvalue weighted by Gasteiger charge is -2.10. The second-order valence-corrected chi connectivity index (χ2v) is 7.79. The van der Waals surface area contributed by atoms with E-state index in [2.05, 4.69) is 20.7 Å². The third-order valence-corrected chi connectivity index (χ3v) is 5.55. The van der Waals surface area contributed by atoms with Crippen LogP contribution in [0.4, 0.5) is 11.4 Å². The summed E-state index contributed by atoms with van der Waals surface area (Å²) >= 11 is 1.08. The molecule has 4 rings (SSSR count). The highest BCUT2D eigenvalue weighted by Gasteiger charge is 2.20. The predicted octanol–water partition coefficient (Wildman–Crippen LogP) is 4.95. The predicted molar refractivity (Wildman–Crippen MR) is 127 cm³/mol. The smallest absolute Gasteiger partial charge is 0.269 e. The molecule has 33 heavy (non-hydrogen) atoms. The molecule has 0 aliphatic rings. The number of nitrogens with zero attached hydrogens (tertiary/aromatic N) is 5. The van der Waals surface area contributed by atoms with Gasteiger partial charge in [0.25, 0.3) is 5.69 Å². The molecule has 0 spiro atoms. The number of anilines is 1. The monoisotopic (exact) mass is 458 g/mol. The highest BCUT2D eigenvalue weighted by atomic mass is 32.2. The third kappa shape index (κ3) is 5.13. The molecular formula is C23H18N6O3S. The third-order valence-electron chi connectivity index (χ3n) is 4.53. The van der Waals surface area contributed by atoms with Crippen molar-refractivity contribution in [3.05, 3.63) is 95.0 Å². The number of hydrogen-bond donors (Lipinski definition) is 1. The minimum atomic E-state index is -0.482. The number of benzene rings is 3. The fraction of sp³-hybridized carbons (Fsp3) is 0.0435. The highest BCUT2D eigenvalue weighted by Crippen LogP contribution is 2.29. The van der Waals surface area contributed by atoms with E-state index in [1.54, 1.807) is 0 Å². The van der Waals surface area contributed by atoms with Crippen LogP contribution in [0.25, 0.3) is 17.1 Å². The molecule has 0 saturated heterocycles. The summed E-state index contributed by atoms with van der Waals surface area (Å²) in [7, 11) is 0. The summed E-state index contributed by atoms with van der Waals surface area (Å²) in [6.45, 7) is 1.41. The van der Waals surface area contributed by atoms with Gasteiger partial charge in [-0.2, -0.15) is 5.10 Å². The second kappa shape index (κ2) is 9.88. The molecule has 1 heterocycles. The molecule has 0 saturated carbocycles. The normalized spacial score (nSPS) is 11.2. The maximum Gasteiger partial charge on any atom is 0.269 e. The van der Waals surface area contributed by atoms with Crippen LogP contribution in [0.1, 0.15) is 6.92 Å². The van der Waals surface area contributed by atoms with E-state index in [9.17, 15) is 14.9 Å². The number of hydrogen-bond acceptors (Lipinski definition) is 8. The fourth-order valence-electron chi connectivity index (χ4n) is 2.95. The van der Waals surface area contributed by atoms with Gasteiger partial charge in [-0.05, 0) is 36.0 Å². The lowest BCUT2D eigenvalue weighted by atomic mass is 10.2. The number of nitrogens with one attached hydrogen (secondary N) is 1. The number of rotatable bonds is 7. The van der Waals surface area contributed by atoms with Gasteiger partial charge in [0.05, 0.1) is 10.6 Å². The first-order valence-electron chi connectivity index (χ1n) is 9.86. The number of carbonyl (C=O) groups is 1. The summed E-state index contributed by atoms with van der Waals surface area (Å²) in [5.41, 5.74) is 4.98. The average molecular weight is 459 g/mol. The van der Waals surface area contributed by atoms with E-state index in [1.807, 2.05) is 65.2 Å². The number of thioether (sulfide) groups is 1. The van der Waals surface area contributed by atoms with Gasteiger partial charge in [-0.3, -0.25) is 24.9 Å². The minimum Gasteiger partial charge on any atom is -0.292 e. The minimum absolute atomic E-state index is 0.0323. The van der Waals surface area contributed by atoms with Crippen molar-refractivity contribution < 1.29 is 9.72 Å². The van der Waals surface area contributed by atoms with Crippen molar-refractivity contribution in [1.82, 2.24) is 14.8 Å². The number of Topliss-reactive ketones (excluding diaryl/α,β-unsaturated/α-hetero) is 1. The number of nitro groups is 1. The van der Waals surface area contributed by atoms with Gasteiger partial charge in [0.1, 0.15) is 0 Å². The molecule has 0 aliphatic heterocycles. The summed E-state index contributed by atoms with van der Waals surface area (Å²) in [5.74, 6) is 0.369. The molecule has 0 bridgehead atoms. The van der Waals surface area contributed by atoms with Crippen LogP contribution in [-0.2, 0) is 4.79 Å². The number of para-hydroxylation sites is 1. The topological polar surface area (TPSA) is 115 Å². The Balaban J connectivity index is 1.67. The number of nitro benzene ring substituents is 1. The zero-order chi connectivity index (χ0) is 23.2. The van der Waals surface area contributed by atoms with Crippen molar-refractivity contribution in [3.8, 4) is 17.1 Å². The molecule has 3 aromatic carbocycles. The first-order valence-corrected chi connectivity index (χ1v) is 10.7. The van der Waals surface area contributed by atoms with E-state index < -0.39 is 4.92 Å². The Hall–Kier alpha value is -4.31. The van der Waals surface area contributed by atoms with Crippen molar-refractivity contribution >= 4 is 34.0 Å². The molecule has 4 aromatic rings. The van der Waals surface area contributed by atoms with Crippen LogP contribution in [-0.4, -0.2) is 30.5 Å². The van der Waals surface area contributed by atoms with Crippen LogP contribution in [0.5, 0.6) is 0 Å². The Morgan fingerprint density at radius 1 is 0.970 bits per heavy atom. The number of carbonyl (C=O) groups excluding carboxylic acids is 1. The molecule has 0 unspecified atom stereocenters. The first kappa shape index (κ1) is 21.9. The standard InChI is InChI=1S/C23H18N6O3S/c1-16(30)22(26-24-18-12-14-20(15-13-18)29(31)32)33-23-27-25-21(17-8-4-2-5-9-17)28(23)19-10-6-3-7-11-19/h2-15,24H,1H3/b26-22-. The number of aromatic nitrogens is 3. The van der Waals surface area contributed by atoms with Gasteiger partial charge in [-0.15, -0.1) is 10.2 Å². The van der Waals surface area contributed by atoms with Crippen LogP contribution in [0, 0.1) is 10.1 Å². The number of non-ortho nitro benzene ring substituents is 1. The van der Waals surface area contributed by atoms with Gasteiger partial charge in [0.2, 0.25) is 5.16 Å². The number of hydrazone groups is 1. The molecule has 10 heteroatoms. The Morgan fingerprint density at radius 3 is 2.21 bits per heavy atom. The summed E-state index contributed by atoms with van der Waals surface area (Å²) in [4.78, 5) is 22.6. The van der Waals surface area contributed by atoms with E-state index in [-0.39, 0.29) is 16.5 Å². The molecule has 0 fully saturated rings. The lowest BCUT2D eigenvalue weighted by Crippen LogP contribution is -2.10. The molecule has 9 nitrogen and oxygen atoms in total. The van der Waals surface area contributed by atoms with Gasteiger partial charge < -0.3 is 0 Å². The Kier molecular flexibility index (Phi) is 6.56. The van der Waals surface area contributed by atoms with Crippen LogP contribution >= 0.6 is 11.8 Å². The highest BCUT2D eigenvalue weighted by molar-refractivity contribution is 8.15. The zero-order valence-electron chi connectivity index (χ0n) is 17.5. The Labute approximate surface area is 193 Å². The summed E-state index contributed by atoms with van der Waals surface area (Å²) < 4.78 is 1.87. The van der Waals surface area contributed by atoms with Crippen molar-refractivity contribution in [2.24, 2.45) is 5.10 Å². The molecule has 1 aromatic heterocycles. The molecule has 0 aliphatic carbocycles. The second-order valence-electron chi connectivity index (χ2n) is 6.83. The fourth-order valence-corrected chi connectivity index (χ4v) is 3.73. The molecule has 1 N–H and O–H groups in total. The van der Waals surface area contributed by atoms with Crippen LogP contribution in [0.15, 0.2) is 95.2 Å². The van der Waals surface area contributed by atoms with Crippen LogP contribution in [0.2, 0.25) is 0 Å². The van der Waals surface area contributed by atoms with E-state index in [4.69, 9.17) is 0 Å². The van der Waals surface area contributed by atoms with Crippen molar-refractivity contribution in [2.45, 2.75) is 12.1 Å². The maximum absolute atomic E-state index is 12.3. The van der Waals surface area contributed by atoms with Crippen molar-refractivity contribution in [1.29, 1.82) is 0 Å². The van der Waals surface area contributed by atoms with E-state index in [0.717, 1.165) is 23.0 Å². The molecule has 0 amide bonds. The molecule has 0 atom stereocenters. The van der Waals surface area contributed by atoms with Crippen molar-refractivity contribution in [2.75, 3.05) is 5.43 Å². The Bertz CT molecular complexity index is 1310. The molecule has 164 valence electrons. The average Bonchev–Trinajstić information content (AvgIpc) is 3.26. The summed E-state index contributed by atoms with van der Waals surface area (Å²) in [5, 5.41) is 24.3. The summed E-state index contributed by atoms with van der Waals surface area (Å²) in [6, 6.07) is 25.0. The number of ketones is 1. The van der Waals surface area contributed by atoms with E-state index >= 15 is 0 Å². The van der Waals surface area contributed by atoms with Crippen LogP contribution in [0.3, 0.4) is 0 Å². The van der Waals surface area contributed by atoms with Gasteiger partial charge in [-0.1, -0.05) is 48.5 Å². The van der Waals surface area contributed by atoms with Gasteiger partial charge in [-0.25, -0.2) is 0 Å². The lowest BCUT2D eigenvalue weighted by molar-refractivity contribution is -0.384. The first-order chi connectivity index (χ1) is 16.0.